The summed E-state index contributed by atoms with van der Waals surface area (Å²) in [6.45, 7) is -0.252. The monoisotopic (exact) mass is 292 g/mol. The largest absolute Gasteiger partial charge is 0.399 e. The lowest BCUT2D eigenvalue weighted by Gasteiger charge is -2.16. The molecule has 0 heterocycles. The van der Waals surface area contributed by atoms with E-state index >= 15 is 0 Å². The molecule has 0 aliphatic heterocycles. The molecule has 1 aromatic carbocycles. The van der Waals surface area contributed by atoms with Crippen LogP contribution in [0.15, 0.2) is 22.7 Å². The molecule has 0 aromatic heterocycles. The minimum Gasteiger partial charge on any atom is -0.399 e. The highest BCUT2D eigenvalue weighted by Crippen LogP contribution is 2.18. The zero-order valence-electron chi connectivity index (χ0n) is 8.85. The summed E-state index contributed by atoms with van der Waals surface area (Å²) in [5, 5.41) is 17.2. The Morgan fingerprint density at radius 1 is 1.29 bits per heavy atom. The first-order valence-electron chi connectivity index (χ1n) is 4.67. The summed E-state index contributed by atoms with van der Waals surface area (Å²) in [5.74, 6) is -0.388. The van der Waals surface area contributed by atoms with Gasteiger partial charge in [-0.2, -0.15) is 10.5 Å². The number of nitrogens with two attached hydrogens (primary N) is 1. The first-order chi connectivity index (χ1) is 8.08. The van der Waals surface area contributed by atoms with Gasteiger partial charge in [0.2, 0.25) is 0 Å². The second-order valence-electron chi connectivity index (χ2n) is 3.25. The number of carbonyl (C=O) groups excluding carboxylic acids is 1. The number of amides is 1. The number of halogens is 1. The van der Waals surface area contributed by atoms with Crippen LogP contribution >= 0.6 is 15.9 Å². The molecule has 2 N–H and O–H groups in total. The predicted octanol–water partition coefficient (Wildman–Crippen LogP) is 1.52. The zero-order valence-corrected chi connectivity index (χ0v) is 10.4. The third-order valence-electron chi connectivity index (χ3n) is 1.98. The summed E-state index contributed by atoms with van der Waals surface area (Å²) >= 11 is 3.23. The predicted molar refractivity (Wildman–Crippen MR) is 65.7 cm³/mol. The van der Waals surface area contributed by atoms with E-state index in [2.05, 4.69) is 15.9 Å². The van der Waals surface area contributed by atoms with Crippen LogP contribution in [0.2, 0.25) is 0 Å². The third kappa shape index (κ3) is 3.47. The number of benzene rings is 1. The van der Waals surface area contributed by atoms with E-state index in [9.17, 15) is 4.79 Å². The highest BCUT2D eigenvalue weighted by atomic mass is 79.9. The molecule has 5 nitrogen and oxygen atoms in total. The molecule has 6 heteroatoms. The van der Waals surface area contributed by atoms with Crippen LogP contribution in [0.5, 0.6) is 0 Å². The molecule has 0 atom stereocenters. The molecule has 0 radical (unpaired) electrons. The quantitative estimate of drug-likeness (QED) is 0.675. The van der Waals surface area contributed by atoms with Gasteiger partial charge in [0.1, 0.15) is 13.1 Å². The molecular formula is C11H9BrN4O. The van der Waals surface area contributed by atoms with E-state index in [0.29, 0.717) is 15.7 Å². The van der Waals surface area contributed by atoms with Crippen molar-refractivity contribution in [1.29, 1.82) is 10.5 Å². The second-order valence-corrected chi connectivity index (χ2v) is 4.17. The van der Waals surface area contributed by atoms with Crippen LogP contribution in [-0.2, 0) is 0 Å². The van der Waals surface area contributed by atoms with E-state index in [1.54, 1.807) is 12.1 Å². The Kier molecular flexibility index (Phi) is 4.50. The molecule has 0 aliphatic carbocycles. The van der Waals surface area contributed by atoms with E-state index in [-0.39, 0.29) is 19.0 Å². The van der Waals surface area contributed by atoms with Crippen LogP contribution < -0.4 is 5.73 Å². The SMILES string of the molecule is N#CCN(CC#N)C(=O)c1cc(N)cc(Br)c1. The number of anilines is 1. The smallest absolute Gasteiger partial charge is 0.255 e. The van der Waals surface area contributed by atoms with Crippen molar-refractivity contribution < 1.29 is 4.79 Å². The lowest BCUT2D eigenvalue weighted by Crippen LogP contribution is -2.31. The van der Waals surface area contributed by atoms with E-state index in [0.717, 1.165) is 4.90 Å². The maximum absolute atomic E-state index is 12.0. The van der Waals surface area contributed by atoms with Crippen molar-refractivity contribution in [3.8, 4) is 12.1 Å². The molecule has 0 saturated heterocycles. The van der Waals surface area contributed by atoms with E-state index < -0.39 is 0 Å². The number of rotatable bonds is 3. The number of carbonyl (C=O) groups is 1. The highest BCUT2D eigenvalue weighted by Gasteiger charge is 2.15. The van der Waals surface area contributed by atoms with Crippen molar-refractivity contribution in [1.82, 2.24) is 4.90 Å². The van der Waals surface area contributed by atoms with Crippen molar-refractivity contribution in [2.24, 2.45) is 0 Å². The maximum atomic E-state index is 12.0. The normalized spacial score (nSPS) is 9.12. The maximum Gasteiger partial charge on any atom is 0.255 e. The molecular weight excluding hydrogens is 284 g/mol. The number of hydrogen-bond acceptors (Lipinski definition) is 4. The van der Waals surface area contributed by atoms with E-state index in [1.165, 1.54) is 6.07 Å². The average Bonchev–Trinajstić information content (AvgIpc) is 2.26. The van der Waals surface area contributed by atoms with Crippen molar-refractivity contribution in [2.75, 3.05) is 18.8 Å². The Morgan fingerprint density at radius 3 is 2.35 bits per heavy atom. The molecule has 0 spiro atoms. The van der Waals surface area contributed by atoms with Gasteiger partial charge in [0.25, 0.3) is 5.91 Å². The standard InChI is InChI=1S/C11H9BrN4O/c12-9-5-8(6-10(15)7-9)11(17)16(3-1-13)4-2-14/h5-7H,3-4,15H2. The average molecular weight is 293 g/mol. The van der Waals surface area contributed by atoms with Gasteiger partial charge in [-0.15, -0.1) is 0 Å². The summed E-state index contributed by atoms with van der Waals surface area (Å²) in [5.41, 5.74) is 6.41. The summed E-state index contributed by atoms with van der Waals surface area (Å²) in [7, 11) is 0. The highest BCUT2D eigenvalue weighted by molar-refractivity contribution is 9.10. The van der Waals surface area contributed by atoms with Crippen LogP contribution in [-0.4, -0.2) is 23.9 Å². The third-order valence-corrected chi connectivity index (χ3v) is 2.44. The lowest BCUT2D eigenvalue weighted by molar-refractivity contribution is 0.0794. The topological polar surface area (TPSA) is 93.9 Å². The molecule has 0 fully saturated rings. The van der Waals surface area contributed by atoms with Gasteiger partial charge in [-0.05, 0) is 18.2 Å². The summed E-state index contributed by atoms with van der Waals surface area (Å²) in [6.07, 6.45) is 0. The summed E-state index contributed by atoms with van der Waals surface area (Å²) < 4.78 is 0.676. The molecule has 86 valence electrons. The van der Waals surface area contributed by atoms with Crippen molar-refractivity contribution in [3.63, 3.8) is 0 Å². The van der Waals surface area contributed by atoms with Gasteiger partial charge >= 0.3 is 0 Å². The zero-order chi connectivity index (χ0) is 12.8. The molecule has 0 bridgehead atoms. The van der Waals surface area contributed by atoms with Crippen molar-refractivity contribution >= 4 is 27.5 Å². The van der Waals surface area contributed by atoms with Crippen molar-refractivity contribution in [2.45, 2.75) is 0 Å². The number of nitriles is 2. The van der Waals surface area contributed by atoms with E-state index in [4.69, 9.17) is 16.3 Å². The van der Waals surface area contributed by atoms with Crippen LogP contribution in [0.4, 0.5) is 5.69 Å². The van der Waals surface area contributed by atoms with Gasteiger partial charge in [0.15, 0.2) is 0 Å². The fraction of sp³-hybridized carbons (Fsp3) is 0.182. The summed E-state index contributed by atoms with van der Waals surface area (Å²) in [6, 6.07) is 8.46. The second kappa shape index (κ2) is 5.88. The Bertz CT molecular complexity index is 479. The number of nitrogens with zero attached hydrogens (tertiary/aromatic N) is 3. The van der Waals surface area contributed by atoms with E-state index in [1.807, 2.05) is 12.1 Å². The molecule has 1 amide bonds. The lowest BCUT2D eigenvalue weighted by atomic mass is 10.2. The molecule has 0 aliphatic rings. The summed E-state index contributed by atoms with van der Waals surface area (Å²) in [4.78, 5) is 13.1. The van der Waals surface area contributed by atoms with Gasteiger partial charge in [-0.25, -0.2) is 0 Å². The van der Waals surface area contributed by atoms with Crippen LogP contribution in [0.25, 0.3) is 0 Å². The Hall–Kier alpha value is -2.05. The van der Waals surface area contributed by atoms with Gasteiger partial charge in [-0.1, -0.05) is 15.9 Å². The fourth-order valence-electron chi connectivity index (χ4n) is 1.29. The molecule has 0 saturated carbocycles. The minimum absolute atomic E-state index is 0.126. The fourth-order valence-corrected chi connectivity index (χ4v) is 1.80. The van der Waals surface area contributed by atoms with Gasteiger partial charge < -0.3 is 10.6 Å². The Morgan fingerprint density at radius 2 is 1.88 bits per heavy atom. The van der Waals surface area contributed by atoms with Crippen LogP contribution in [0.3, 0.4) is 0 Å². The Balaban J connectivity index is 3.02. The number of hydrogen-bond donors (Lipinski definition) is 1. The Labute approximate surface area is 107 Å². The molecule has 0 unspecified atom stereocenters. The van der Waals surface area contributed by atoms with Gasteiger partial charge in [0, 0.05) is 15.7 Å². The first-order valence-corrected chi connectivity index (χ1v) is 5.47. The number of nitrogen functional groups attached to an aromatic ring is 1. The van der Waals surface area contributed by atoms with Crippen LogP contribution in [0, 0.1) is 22.7 Å². The molecule has 17 heavy (non-hydrogen) atoms. The molecule has 1 aromatic rings. The van der Waals surface area contributed by atoms with Crippen molar-refractivity contribution in [3.05, 3.63) is 28.2 Å². The van der Waals surface area contributed by atoms with Gasteiger partial charge in [-0.3, -0.25) is 4.79 Å². The first kappa shape index (κ1) is 13.0. The van der Waals surface area contributed by atoms with Gasteiger partial charge in [0.05, 0.1) is 12.1 Å². The minimum atomic E-state index is -0.388. The van der Waals surface area contributed by atoms with Crippen LogP contribution in [0.1, 0.15) is 10.4 Å². The molecule has 1 rings (SSSR count).